The molecule has 1 aromatic heterocycles. The molecule has 1 heterocycles. The third kappa shape index (κ3) is 5.49. The number of anilines is 1. The van der Waals surface area contributed by atoms with Crippen LogP contribution in [0.1, 0.15) is 24.3 Å². The fraction of sp³-hybridized carbons (Fsp3) is 0.304. The lowest BCUT2D eigenvalue weighted by Gasteiger charge is -2.13. The Kier molecular flexibility index (Phi) is 7.48. The zero-order chi connectivity index (χ0) is 25.0. The van der Waals surface area contributed by atoms with Gasteiger partial charge in [-0.1, -0.05) is 38.1 Å². The Bertz CT molecular complexity index is 1400. The topological polar surface area (TPSA) is 128 Å². The summed E-state index contributed by atoms with van der Waals surface area (Å²) in [5.41, 5.74) is -0.146. The van der Waals surface area contributed by atoms with Crippen molar-refractivity contribution >= 4 is 38.4 Å². The van der Waals surface area contributed by atoms with Gasteiger partial charge in [0.15, 0.2) is 12.3 Å². The SMILES string of the molecule is CC(C)Cn1nc(C(=O)OCC(=O)Nc2cccc(S(=O)(=O)N(C)C)c2)c2ccccc2c1=O. The maximum absolute atomic E-state index is 12.8. The van der Waals surface area contributed by atoms with Gasteiger partial charge in [-0.15, -0.1) is 0 Å². The van der Waals surface area contributed by atoms with Gasteiger partial charge in [-0.25, -0.2) is 22.2 Å². The summed E-state index contributed by atoms with van der Waals surface area (Å²) in [6.45, 7) is 3.54. The van der Waals surface area contributed by atoms with Crippen LogP contribution < -0.4 is 10.9 Å². The number of carbonyl (C=O) groups is 2. The number of fused-ring (bicyclic) bond motifs is 1. The van der Waals surface area contributed by atoms with Gasteiger partial charge >= 0.3 is 5.97 Å². The number of nitrogens with one attached hydrogen (secondary N) is 1. The Hall–Kier alpha value is -3.57. The van der Waals surface area contributed by atoms with Gasteiger partial charge in [0.25, 0.3) is 11.5 Å². The zero-order valence-electron chi connectivity index (χ0n) is 19.3. The van der Waals surface area contributed by atoms with Gasteiger partial charge < -0.3 is 10.1 Å². The lowest BCUT2D eigenvalue weighted by atomic mass is 10.1. The average Bonchev–Trinajstić information content (AvgIpc) is 2.79. The Morgan fingerprint density at radius 2 is 1.76 bits per heavy atom. The number of aromatic nitrogens is 2. The number of carbonyl (C=O) groups excluding carboxylic acids is 2. The number of ether oxygens (including phenoxy) is 1. The van der Waals surface area contributed by atoms with Crippen LogP contribution in [0.2, 0.25) is 0 Å². The second-order valence-electron chi connectivity index (χ2n) is 8.21. The van der Waals surface area contributed by atoms with Crippen molar-refractivity contribution < 1.29 is 22.7 Å². The molecular weight excluding hydrogens is 460 g/mol. The molecule has 0 fully saturated rings. The van der Waals surface area contributed by atoms with E-state index >= 15 is 0 Å². The summed E-state index contributed by atoms with van der Waals surface area (Å²) in [7, 11) is -0.864. The molecule has 0 aliphatic heterocycles. The van der Waals surface area contributed by atoms with Crippen LogP contribution in [0, 0.1) is 5.92 Å². The summed E-state index contributed by atoms with van der Waals surface area (Å²) in [5, 5.41) is 7.35. The summed E-state index contributed by atoms with van der Waals surface area (Å²) >= 11 is 0. The molecule has 0 spiro atoms. The molecule has 2 aromatic carbocycles. The van der Waals surface area contributed by atoms with Crippen LogP contribution in [-0.2, 0) is 26.1 Å². The molecule has 34 heavy (non-hydrogen) atoms. The molecule has 0 saturated carbocycles. The highest BCUT2D eigenvalue weighted by molar-refractivity contribution is 7.89. The van der Waals surface area contributed by atoms with Crippen LogP contribution >= 0.6 is 0 Å². The number of sulfonamides is 1. The summed E-state index contributed by atoms with van der Waals surface area (Å²) in [6, 6.07) is 12.3. The van der Waals surface area contributed by atoms with Crippen molar-refractivity contribution in [1.82, 2.24) is 14.1 Å². The summed E-state index contributed by atoms with van der Waals surface area (Å²) in [4.78, 5) is 37.8. The molecule has 0 unspecified atom stereocenters. The molecule has 10 nitrogen and oxygen atoms in total. The normalized spacial score (nSPS) is 11.7. The van der Waals surface area contributed by atoms with E-state index < -0.39 is 28.5 Å². The van der Waals surface area contributed by atoms with Gasteiger partial charge in [0, 0.05) is 31.7 Å². The van der Waals surface area contributed by atoms with E-state index in [1.165, 1.54) is 43.0 Å². The van der Waals surface area contributed by atoms with Crippen LogP contribution in [0.4, 0.5) is 5.69 Å². The van der Waals surface area contributed by atoms with Gasteiger partial charge in [-0.3, -0.25) is 9.59 Å². The molecule has 0 aliphatic carbocycles. The highest BCUT2D eigenvalue weighted by Gasteiger charge is 2.20. The lowest BCUT2D eigenvalue weighted by Crippen LogP contribution is -2.29. The van der Waals surface area contributed by atoms with Gasteiger partial charge in [-0.2, -0.15) is 5.10 Å². The molecule has 1 amide bonds. The van der Waals surface area contributed by atoms with Crippen molar-refractivity contribution in [2.24, 2.45) is 5.92 Å². The number of nitrogens with zero attached hydrogens (tertiary/aromatic N) is 3. The smallest absolute Gasteiger partial charge is 0.359 e. The van der Waals surface area contributed by atoms with Gasteiger partial charge in [0.1, 0.15) is 0 Å². The molecule has 180 valence electrons. The van der Waals surface area contributed by atoms with E-state index in [4.69, 9.17) is 4.74 Å². The number of hydrogen-bond acceptors (Lipinski definition) is 7. The third-order valence-corrected chi connectivity index (χ3v) is 6.64. The standard InChI is InChI=1S/C23H26N4O6S/c1-15(2)13-27-22(29)19-11-6-5-10-18(19)21(25-27)23(30)33-14-20(28)24-16-8-7-9-17(12-16)34(31,32)26(3)4/h5-12,15H,13-14H2,1-4H3,(H,24,28). The van der Waals surface area contributed by atoms with Crippen LogP contribution in [0.5, 0.6) is 0 Å². The molecule has 0 saturated heterocycles. The van der Waals surface area contributed by atoms with Crippen molar-refractivity contribution in [3.8, 4) is 0 Å². The summed E-state index contributed by atoms with van der Waals surface area (Å²) in [6.07, 6.45) is 0. The van der Waals surface area contributed by atoms with Crippen molar-refractivity contribution in [2.75, 3.05) is 26.0 Å². The monoisotopic (exact) mass is 486 g/mol. The molecule has 0 radical (unpaired) electrons. The van der Waals surface area contributed by atoms with E-state index in [0.29, 0.717) is 17.3 Å². The molecule has 0 atom stereocenters. The van der Waals surface area contributed by atoms with Gasteiger partial charge in [0.2, 0.25) is 10.0 Å². The molecular formula is C23H26N4O6S. The van der Waals surface area contributed by atoms with Crippen molar-refractivity contribution in [3.63, 3.8) is 0 Å². The van der Waals surface area contributed by atoms with E-state index in [1.54, 1.807) is 24.3 Å². The van der Waals surface area contributed by atoms with Crippen LogP contribution in [-0.4, -0.2) is 55.1 Å². The first-order chi connectivity index (χ1) is 16.0. The number of rotatable bonds is 8. The van der Waals surface area contributed by atoms with E-state index in [0.717, 1.165) is 4.31 Å². The second kappa shape index (κ2) is 10.1. The first-order valence-corrected chi connectivity index (χ1v) is 11.9. The Morgan fingerprint density at radius 3 is 2.41 bits per heavy atom. The molecule has 11 heteroatoms. The fourth-order valence-electron chi connectivity index (χ4n) is 3.20. The predicted molar refractivity (Wildman–Crippen MR) is 127 cm³/mol. The Labute approximate surface area is 197 Å². The molecule has 1 N–H and O–H groups in total. The summed E-state index contributed by atoms with van der Waals surface area (Å²) in [5.74, 6) is -1.39. The van der Waals surface area contributed by atoms with E-state index in [2.05, 4.69) is 10.4 Å². The highest BCUT2D eigenvalue weighted by Crippen LogP contribution is 2.18. The first-order valence-electron chi connectivity index (χ1n) is 10.5. The molecule has 0 bridgehead atoms. The van der Waals surface area contributed by atoms with Crippen molar-refractivity contribution in [1.29, 1.82) is 0 Å². The Balaban J connectivity index is 1.77. The predicted octanol–water partition coefficient (Wildman–Crippen LogP) is 2.10. The van der Waals surface area contributed by atoms with Crippen LogP contribution in [0.25, 0.3) is 10.8 Å². The zero-order valence-corrected chi connectivity index (χ0v) is 20.1. The number of amides is 1. The number of hydrogen-bond donors (Lipinski definition) is 1. The van der Waals surface area contributed by atoms with Crippen molar-refractivity contribution in [3.05, 3.63) is 64.6 Å². The lowest BCUT2D eigenvalue weighted by molar-refractivity contribution is -0.119. The fourth-order valence-corrected chi connectivity index (χ4v) is 4.15. The van der Waals surface area contributed by atoms with Crippen molar-refractivity contribution in [2.45, 2.75) is 25.3 Å². The molecule has 3 aromatic rings. The average molecular weight is 487 g/mol. The van der Waals surface area contributed by atoms with Crippen LogP contribution in [0.3, 0.4) is 0 Å². The maximum atomic E-state index is 12.8. The Morgan fingerprint density at radius 1 is 1.09 bits per heavy atom. The van der Waals surface area contributed by atoms with E-state index in [1.807, 2.05) is 13.8 Å². The van der Waals surface area contributed by atoms with Gasteiger partial charge in [-0.05, 0) is 30.2 Å². The third-order valence-electron chi connectivity index (χ3n) is 4.83. The van der Waals surface area contributed by atoms with E-state index in [-0.39, 0.29) is 27.8 Å². The molecule has 3 rings (SSSR count). The highest BCUT2D eigenvalue weighted by atomic mass is 32.2. The van der Waals surface area contributed by atoms with Gasteiger partial charge in [0.05, 0.1) is 10.3 Å². The maximum Gasteiger partial charge on any atom is 0.359 e. The molecule has 0 aliphatic rings. The second-order valence-corrected chi connectivity index (χ2v) is 10.4. The minimum absolute atomic E-state index is 0.00961. The quantitative estimate of drug-likeness (QED) is 0.483. The van der Waals surface area contributed by atoms with E-state index in [9.17, 15) is 22.8 Å². The summed E-state index contributed by atoms with van der Waals surface area (Å²) < 4.78 is 32.0. The minimum Gasteiger partial charge on any atom is -0.451 e. The largest absolute Gasteiger partial charge is 0.451 e. The minimum atomic E-state index is -3.67. The first kappa shape index (κ1) is 25.1. The van der Waals surface area contributed by atoms with Crippen LogP contribution in [0.15, 0.2) is 58.2 Å². The number of esters is 1. The number of benzene rings is 2.